The number of hydrogen-bond donors (Lipinski definition) is 1. The molecule has 0 saturated heterocycles. The third-order valence-electron chi connectivity index (χ3n) is 5.89. The lowest BCUT2D eigenvalue weighted by atomic mass is 10.1. The van der Waals surface area contributed by atoms with Crippen molar-refractivity contribution in [2.75, 3.05) is 22.2 Å². The molecule has 1 N–H and O–H groups in total. The van der Waals surface area contributed by atoms with Gasteiger partial charge in [0, 0.05) is 17.8 Å². The molecule has 0 aliphatic carbocycles. The maximum Gasteiger partial charge on any atom is 0.324 e. The first-order valence-electron chi connectivity index (χ1n) is 11.2. The highest BCUT2D eigenvalue weighted by atomic mass is 32.2. The van der Waals surface area contributed by atoms with Crippen LogP contribution in [0.1, 0.15) is 11.1 Å². The van der Waals surface area contributed by atoms with Gasteiger partial charge < -0.3 is 5.11 Å². The van der Waals surface area contributed by atoms with Crippen LogP contribution >= 0.6 is 0 Å². The Bertz CT molecular complexity index is 1690. The Balaban J connectivity index is 1.88. The fourth-order valence-corrected chi connectivity index (χ4v) is 6.44. The average molecular weight is 540 g/mol. The molecule has 0 bridgehead atoms. The number of benzene rings is 3. The predicted molar refractivity (Wildman–Crippen MR) is 142 cm³/mol. The number of carbonyl (C=O) groups is 1. The van der Waals surface area contributed by atoms with Crippen LogP contribution < -0.4 is 8.61 Å². The number of nitrogens with zero attached hydrogens (tertiary/aromatic N) is 3. The summed E-state index contributed by atoms with van der Waals surface area (Å²) in [7, 11) is -6.91. The first-order valence-corrected chi connectivity index (χ1v) is 14.1. The van der Waals surface area contributed by atoms with Crippen molar-refractivity contribution in [3.05, 3.63) is 90.1 Å². The molecule has 37 heavy (non-hydrogen) atoms. The molecule has 4 rings (SSSR count). The number of sulfonamides is 2. The highest BCUT2D eigenvalue weighted by molar-refractivity contribution is 7.93. The summed E-state index contributed by atoms with van der Waals surface area (Å²) in [6.07, 6.45) is 1.19. The van der Waals surface area contributed by atoms with Crippen LogP contribution in [0.15, 0.2) is 88.8 Å². The monoisotopic (exact) mass is 539 g/mol. The summed E-state index contributed by atoms with van der Waals surface area (Å²) in [6, 6.07) is 19.0. The summed E-state index contributed by atoms with van der Waals surface area (Å²) in [5.41, 5.74) is 1.77. The molecule has 4 aromatic rings. The van der Waals surface area contributed by atoms with Gasteiger partial charge in [0.2, 0.25) is 0 Å². The van der Waals surface area contributed by atoms with Crippen molar-refractivity contribution in [1.82, 2.24) is 4.98 Å². The van der Waals surface area contributed by atoms with Crippen molar-refractivity contribution in [2.45, 2.75) is 23.6 Å². The number of aliphatic carboxylic acids is 1. The second-order valence-electron chi connectivity index (χ2n) is 8.52. The Hall–Kier alpha value is -3.96. The highest BCUT2D eigenvalue weighted by Gasteiger charge is 2.31. The van der Waals surface area contributed by atoms with Gasteiger partial charge in [0.25, 0.3) is 20.0 Å². The van der Waals surface area contributed by atoms with E-state index in [1.165, 1.54) is 37.5 Å². The second kappa shape index (κ2) is 9.83. The highest BCUT2D eigenvalue weighted by Crippen LogP contribution is 2.36. The third-order valence-corrected chi connectivity index (χ3v) is 9.42. The van der Waals surface area contributed by atoms with Crippen LogP contribution in [0.25, 0.3) is 10.8 Å². The van der Waals surface area contributed by atoms with Gasteiger partial charge in [0.05, 0.1) is 21.7 Å². The number of fused-ring (bicyclic) bond motifs is 1. The Morgan fingerprint density at radius 2 is 1.27 bits per heavy atom. The van der Waals surface area contributed by atoms with E-state index in [1.54, 1.807) is 48.5 Å². The van der Waals surface area contributed by atoms with Crippen molar-refractivity contribution >= 4 is 48.3 Å². The van der Waals surface area contributed by atoms with Gasteiger partial charge >= 0.3 is 5.97 Å². The molecule has 0 spiro atoms. The lowest BCUT2D eigenvalue weighted by molar-refractivity contribution is -0.135. The van der Waals surface area contributed by atoms with E-state index in [2.05, 4.69) is 4.98 Å². The zero-order valence-electron chi connectivity index (χ0n) is 20.4. The average Bonchev–Trinajstić information content (AvgIpc) is 2.86. The first kappa shape index (κ1) is 26.1. The van der Waals surface area contributed by atoms with Crippen molar-refractivity contribution < 1.29 is 26.7 Å². The second-order valence-corrected chi connectivity index (χ2v) is 12.3. The number of anilines is 2. The summed E-state index contributed by atoms with van der Waals surface area (Å²) < 4.78 is 55.5. The van der Waals surface area contributed by atoms with Crippen molar-refractivity contribution in [1.29, 1.82) is 0 Å². The van der Waals surface area contributed by atoms with E-state index >= 15 is 0 Å². The molecule has 0 radical (unpaired) electrons. The molecule has 0 unspecified atom stereocenters. The van der Waals surface area contributed by atoms with E-state index in [4.69, 9.17) is 0 Å². The van der Waals surface area contributed by atoms with Crippen LogP contribution in [-0.2, 0) is 24.8 Å². The standard InChI is InChI=1S/C26H25N3O6S2/c1-18-8-12-20(13-9-18)36(32,33)28(3)26-23-7-5-4-6-22(23)24(16-27-26)29(17-25(30)31)37(34,35)21-14-10-19(2)11-15-21/h4-16H,17H2,1-3H3,(H,30,31). The number of aromatic nitrogens is 1. The quantitative estimate of drug-likeness (QED) is 0.359. The maximum atomic E-state index is 13.5. The van der Waals surface area contributed by atoms with Crippen LogP contribution in [0.4, 0.5) is 11.5 Å². The molecule has 1 aromatic heterocycles. The number of pyridine rings is 1. The number of aryl methyl sites for hydroxylation is 2. The van der Waals surface area contributed by atoms with Gasteiger partial charge in [0.15, 0.2) is 0 Å². The number of carboxylic acid groups (broad SMARTS) is 1. The molecule has 192 valence electrons. The van der Waals surface area contributed by atoms with E-state index in [1.807, 2.05) is 13.8 Å². The lowest BCUT2D eigenvalue weighted by Gasteiger charge is -2.26. The molecule has 0 saturated carbocycles. The van der Waals surface area contributed by atoms with Crippen LogP contribution in [0.3, 0.4) is 0 Å². The summed E-state index contributed by atoms with van der Waals surface area (Å²) >= 11 is 0. The minimum absolute atomic E-state index is 0.0171. The lowest BCUT2D eigenvalue weighted by Crippen LogP contribution is -2.36. The normalized spacial score (nSPS) is 11.9. The van der Waals surface area contributed by atoms with Crippen LogP contribution in [0.2, 0.25) is 0 Å². The van der Waals surface area contributed by atoms with Crippen LogP contribution in [-0.4, -0.2) is 46.5 Å². The van der Waals surface area contributed by atoms with Gasteiger partial charge in [-0.2, -0.15) is 0 Å². The molecule has 0 atom stereocenters. The largest absolute Gasteiger partial charge is 0.480 e. The van der Waals surface area contributed by atoms with E-state index in [9.17, 15) is 26.7 Å². The van der Waals surface area contributed by atoms with E-state index < -0.39 is 32.6 Å². The molecular weight excluding hydrogens is 514 g/mol. The Morgan fingerprint density at radius 3 is 1.78 bits per heavy atom. The molecule has 1 heterocycles. The van der Waals surface area contributed by atoms with Crippen molar-refractivity contribution in [3.63, 3.8) is 0 Å². The van der Waals surface area contributed by atoms with Crippen LogP contribution in [0.5, 0.6) is 0 Å². The van der Waals surface area contributed by atoms with Crippen LogP contribution in [0, 0.1) is 13.8 Å². The van der Waals surface area contributed by atoms with Gasteiger partial charge in [-0.15, -0.1) is 0 Å². The zero-order valence-corrected chi connectivity index (χ0v) is 22.0. The minimum atomic E-state index is -4.29. The van der Waals surface area contributed by atoms with E-state index in [0.717, 1.165) is 19.7 Å². The van der Waals surface area contributed by atoms with Gasteiger partial charge in [0.1, 0.15) is 12.4 Å². The fourth-order valence-electron chi connectivity index (χ4n) is 3.85. The summed E-state index contributed by atoms with van der Waals surface area (Å²) in [5.74, 6) is -1.29. The number of rotatable bonds is 8. The summed E-state index contributed by atoms with van der Waals surface area (Å²) in [5, 5.41) is 10.2. The fraction of sp³-hybridized carbons (Fsp3) is 0.154. The SMILES string of the molecule is Cc1ccc(S(=O)(=O)N(C)c2ncc(N(CC(=O)O)S(=O)(=O)c3ccc(C)cc3)c3ccccc23)cc1. The molecule has 0 aliphatic heterocycles. The van der Waals surface area contributed by atoms with Gasteiger partial charge in [-0.05, 0) is 38.1 Å². The summed E-state index contributed by atoms with van der Waals surface area (Å²) in [4.78, 5) is 16.0. The number of carboxylic acids is 1. The smallest absolute Gasteiger partial charge is 0.324 e. The Kier molecular flexibility index (Phi) is 6.94. The molecule has 9 nitrogen and oxygen atoms in total. The molecule has 0 aliphatic rings. The molecule has 0 amide bonds. The molecular formula is C26H25N3O6S2. The molecule has 0 fully saturated rings. The zero-order chi connectivity index (χ0) is 27.0. The van der Waals surface area contributed by atoms with E-state index in [-0.39, 0.29) is 21.3 Å². The van der Waals surface area contributed by atoms with Gasteiger partial charge in [-0.25, -0.2) is 21.8 Å². The van der Waals surface area contributed by atoms with Crippen molar-refractivity contribution in [2.24, 2.45) is 0 Å². The predicted octanol–water partition coefficient (Wildman–Crippen LogP) is 3.96. The topological polar surface area (TPSA) is 125 Å². The third kappa shape index (κ3) is 5.00. The Labute approximate surface area is 215 Å². The number of hydrogen-bond acceptors (Lipinski definition) is 6. The first-order chi connectivity index (χ1) is 17.4. The van der Waals surface area contributed by atoms with Crippen molar-refractivity contribution in [3.8, 4) is 0 Å². The molecule has 11 heteroatoms. The Morgan fingerprint density at radius 1 is 0.784 bits per heavy atom. The van der Waals surface area contributed by atoms with E-state index in [0.29, 0.717) is 10.8 Å². The van der Waals surface area contributed by atoms with Gasteiger partial charge in [-0.3, -0.25) is 13.4 Å². The minimum Gasteiger partial charge on any atom is -0.480 e. The van der Waals surface area contributed by atoms with Gasteiger partial charge in [-0.1, -0.05) is 59.7 Å². The molecule has 3 aromatic carbocycles. The summed E-state index contributed by atoms with van der Waals surface area (Å²) in [6.45, 7) is 2.81. The maximum absolute atomic E-state index is 13.5.